The van der Waals surface area contributed by atoms with E-state index in [0.717, 1.165) is 4.31 Å². The van der Waals surface area contributed by atoms with Crippen molar-refractivity contribution in [3.05, 3.63) is 119 Å². The van der Waals surface area contributed by atoms with E-state index in [1.165, 1.54) is 17.0 Å². The van der Waals surface area contributed by atoms with Crippen molar-refractivity contribution >= 4 is 50.7 Å². The Hall–Kier alpha value is -4.05. The van der Waals surface area contributed by atoms with Crippen LogP contribution in [0.4, 0.5) is 5.69 Å². The number of anilines is 1. The van der Waals surface area contributed by atoms with Gasteiger partial charge in [-0.3, -0.25) is 13.9 Å². The molecular weight excluding hydrogens is 645 g/mol. The van der Waals surface area contributed by atoms with E-state index in [0.29, 0.717) is 33.7 Å². The number of rotatable bonds is 14. The Morgan fingerprint density at radius 3 is 2.04 bits per heavy atom. The smallest absolute Gasteiger partial charge is 0.264 e. The second-order valence-corrected chi connectivity index (χ2v) is 13.8. The topological polar surface area (TPSA) is 96.0 Å². The molecule has 2 amide bonds. The molecule has 1 unspecified atom stereocenters. The van der Waals surface area contributed by atoms with E-state index in [4.69, 9.17) is 27.9 Å². The molecule has 0 heterocycles. The highest BCUT2D eigenvalue weighted by Gasteiger charge is 2.34. The Morgan fingerprint density at radius 2 is 1.46 bits per heavy atom. The van der Waals surface area contributed by atoms with E-state index in [1.54, 1.807) is 67.6 Å². The molecule has 1 atom stereocenters. The third kappa shape index (κ3) is 9.02. The number of sulfonamides is 1. The molecule has 0 aliphatic rings. The van der Waals surface area contributed by atoms with Gasteiger partial charge < -0.3 is 15.0 Å². The summed E-state index contributed by atoms with van der Waals surface area (Å²) in [5.41, 5.74) is 0.814. The summed E-state index contributed by atoms with van der Waals surface area (Å²) in [5, 5.41) is 3.66. The molecule has 0 aliphatic heterocycles. The number of hydrogen-bond acceptors (Lipinski definition) is 5. The Morgan fingerprint density at radius 1 is 0.848 bits per heavy atom. The standard InChI is InChI=1S/C35H37Cl2N3O5S/c1-4-33(35(42)38-22-25(2)3)39(23-26-15-16-27(36)21-32(26)37)34(41)24-40(46(43,44)31-13-9-6-10-14-31)28-17-19-30(20-18-28)45-29-11-7-5-8-12-29/h5-21,25,33H,4,22-24H2,1-3H3,(H,38,42). The van der Waals surface area contributed by atoms with Crippen molar-refractivity contribution in [2.75, 3.05) is 17.4 Å². The molecule has 0 saturated heterocycles. The lowest BCUT2D eigenvalue weighted by Gasteiger charge is -2.33. The summed E-state index contributed by atoms with van der Waals surface area (Å²) in [6, 6.07) is 27.5. The van der Waals surface area contributed by atoms with Gasteiger partial charge >= 0.3 is 0 Å². The number of nitrogens with zero attached hydrogens (tertiary/aromatic N) is 2. The predicted octanol–water partition coefficient (Wildman–Crippen LogP) is 7.56. The Kier molecular flexibility index (Phi) is 12.1. The van der Waals surface area contributed by atoms with Gasteiger partial charge in [0, 0.05) is 23.1 Å². The van der Waals surface area contributed by atoms with Gasteiger partial charge in [-0.2, -0.15) is 0 Å². The Bertz CT molecular complexity index is 1720. The minimum Gasteiger partial charge on any atom is -0.457 e. The zero-order chi connectivity index (χ0) is 33.3. The monoisotopic (exact) mass is 681 g/mol. The van der Waals surface area contributed by atoms with Crippen LogP contribution in [-0.4, -0.2) is 44.3 Å². The van der Waals surface area contributed by atoms with Crippen LogP contribution in [0.5, 0.6) is 11.5 Å². The first-order chi connectivity index (χ1) is 22.0. The van der Waals surface area contributed by atoms with Crippen molar-refractivity contribution in [3.8, 4) is 11.5 Å². The lowest BCUT2D eigenvalue weighted by Crippen LogP contribution is -2.52. The van der Waals surface area contributed by atoms with Gasteiger partial charge in [0.1, 0.15) is 24.1 Å². The number of hydrogen-bond donors (Lipinski definition) is 1. The molecule has 242 valence electrons. The van der Waals surface area contributed by atoms with Crippen LogP contribution in [0.15, 0.2) is 108 Å². The fraction of sp³-hybridized carbons (Fsp3) is 0.257. The van der Waals surface area contributed by atoms with Gasteiger partial charge in [0.2, 0.25) is 11.8 Å². The number of ether oxygens (including phenoxy) is 1. The minimum absolute atomic E-state index is 0.0152. The molecule has 4 aromatic carbocycles. The lowest BCUT2D eigenvalue weighted by molar-refractivity contribution is -0.140. The summed E-state index contributed by atoms with van der Waals surface area (Å²) >= 11 is 12.6. The number of halogens is 2. The van der Waals surface area contributed by atoms with Crippen molar-refractivity contribution in [1.82, 2.24) is 10.2 Å². The average molecular weight is 683 g/mol. The molecule has 0 bridgehead atoms. The van der Waals surface area contributed by atoms with E-state index in [9.17, 15) is 18.0 Å². The minimum atomic E-state index is -4.21. The Labute approximate surface area is 280 Å². The summed E-state index contributed by atoms with van der Waals surface area (Å²) in [7, 11) is -4.21. The molecule has 0 radical (unpaired) electrons. The average Bonchev–Trinajstić information content (AvgIpc) is 3.04. The maximum atomic E-state index is 14.3. The zero-order valence-electron chi connectivity index (χ0n) is 25.9. The highest BCUT2D eigenvalue weighted by atomic mass is 35.5. The van der Waals surface area contributed by atoms with E-state index >= 15 is 0 Å². The van der Waals surface area contributed by atoms with Crippen molar-refractivity contribution in [3.63, 3.8) is 0 Å². The van der Waals surface area contributed by atoms with Crippen LogP contribution in [0.25, 0.3) is 0 Å². The molecular formula is C35H37Cl2N3O5S. The molecule has 4 aromatic rings. The van der Waals surface area contributed by atoms with Gasteiger partial charge in [0.25, 0.3) is 10.0 Å². The summed E-state index contributed by atoms with van der Waals surface area (Å²) in [5.74, 6) is 0.384. The fourth-order valence-electron chi connectivity index (χ4n) is 4.73. The van der Waals surface area contributed by atoms with E-state index in [2.05, 4.69) is 5.32 Å². The maximum Gasteiger partial charge on any atom is 0.264 e. The van der Waals surface area contributed by atoms with Crippen LogP contribution in [0, 0.1) is 5.92 Å². The third-order valence-corrected chi connectivity index (χ3v) is 9.51. The van der Waals surface area contributed by atoms with Gasteiger partial charge in [-0.1, -0.05) is 86.4 Å². The normalized spacial score (nSPS) is 12.0. The SMILES string of the molecule is CCC(C(=O)NCC(C)C)N(Cc1ccc(Cl)cc1Cl)C(=O)CN(c1ccc(Oc2ccccc2)cc1)S(=O)(=O)c1ccccc1. The van der Waals surface area contributed by atoms with Gasteiger partial charge in [0.15, 0.2) is 0 Å². The second-order valence-electron chi connectivity index (χ2n) is 11.1. The quantitative estimate of drug-likeness (QED) is 0.148. The first-order valence-corrected chi connectivity index (χ1v) is 17.1. The molecule has 0 aromatic heterocycles. The molecule has 0 saturated carbocycles. The molecule has 46 heavy (non-hydrogen) atoms. The zero-order valence-corrected chi connectivity index (χ0v) is 28.2. The maximum absolute atomic E-state index is 14.3. The number of benzene rings is 4. The third-order valence-electron chi connectivity index (χ3n) is 7.14. The molecule has 1 N–H and O–H groups in total. The van der Waals surface area contributed by atoms with Gasteiger partial charge in [-0.15, -0.1) is 0 Å². The fourth-order valence-corrected chi connectivity index (χ4v) is 6.63. The summed E-state index contributed by atoms with van der Waals surface area (Å²) in [6.07, 6.45) is 0.290. The van der Waals surface area contributed by atoms with Crippen LogP contribution in [0.3, 0.4) is 0 Å². The van der Waals surface area contributed by atoms with Crippen molar-refractivity contribution in [2.45, 2.75) is 44.7 Å². The van der Waals surface area contributed by atoms with Gasteiger partial charge in [0.05, 0.1) is 10.6 Å². The molecule has 0 aliphatic carbocycles. The number of amides is 2. The molecule has 4 rings (SSSR count). The van der Waals surface area contributed by atoms with Crippen LogP contribution in [-0.2, 0) is 26.2 Å². The molecule has 0 spiro atoms. The second kappa shape index (κ2) is 16.0. The number of para-hydroxylation sites is 1. The highest BCUT2D eigenvalue weighted by molar-refractivity contribution is 7.92. The largest absolute Gasteiger partial charge is 0.457 e. The lowest BCUT2D eigenvalue weighted by atomic mass is 10.1. The van der Waals surface area contributed by atoms with Crippen molar-refractivity contribution < 1.29 is 22.7 Å². The van der Waals surface area contributed by atoms with Crippen molar-refractivity contribution in [1.29, 1.82) is 0 Å². The van der Waals surface area contributed by atoms with Crippen LogP contribution < -0.4 is 14.4 Å². The van der Waals surface area contributed by atoms with Crippen LogP contribution in [0.1, 0.15) is 32.8 Å². The summed E-state index contributed by atoms with van der Waals surface area (Å²) < 4.78 is 35.1. The van der Waals surface area contributed by atoms with E-state index in [1.807, 2.05) is 44.2 Å². The molecule has 0 fully saturated rings. The van der Waals surface area contributed by atoms with Crippen LogP contribution >= 0.6 is 23.2 Å². The number of carbonyl (C=O) groups excluding carboxylic acids is 2. The van der Waals surface area contributed by atoms with E-state index in [-0.39, 0.29) is 35.4 Å². The van der Waals surface area contributed by atoms with Crippen LogP contribution in [0.2, 0.25) is 10.0 Å². The Balaban J connectivity index is 1.72. The number of nitrogens with one attached hydrogen (secondary N) is 1. The molecule has 8 nitrogen and oxygen atoms in total. The first-order valence-electron chi connectivity index (χ1n) is 14.9. The van der Waals surface area contributed by atoms with Gasteiger partial charge in [-0.05, 0) is 78.6 Å². The number of carbonyl (C=O) groups is 2. The predicted molar refractivity (Wildman–Crippen MR) is 183 cm³/mol. The first kappa shape index (κ1) is 34.8. The summed E-state index contributed by atoms with van der Waals surface area (Å²) in [4.78, 5) is 29.1. The molecule has 11 heteroatoms. The van der Waals surface area contributed by atoms with Gasteiger partial charge in [-0.25, -0.2) is 8.42 Å². The van der Waals surface area contributed by atoms with E-state index < -0.39 is 28.5 Å². The summed E-state index contributed by atoms with van der Waals surface area (Å²) in [6.45, 7) is 5.55. The highest BCUT2D eigenvalue weighted by Crippen LogP contribution is 2.29. The van der Waals surface area contributed by atoms with Crippen molar-refractivity contribution in [2.24, 2.45) is 5.92 Å².